The molecule has 0 aliphatic carbocycles. The summed E-state index contributed by atoms with van der Waals surface area (Å²) in [6, 6.07) is 16.9. The van der Waals surface area contributed by atoms with Crippen LogP contribution in [0.2, 0.25) is 0 Å². The number of rotatable bonds is 7. The summed E-state index contributed by atoms with van der Waals surface area (Å²) >= 11 is 0. The van der Waals surface area contributed by atoms with E-state index in [0.717, 1.165) is 21.6 Å². The van der Waals surface area contributed by atoms with Crippen LogP contribution >= 0.6 is 0 Å². The van der Waals surface area contributed by atoms with Crippen LogP contribution in [0.5, 0.6) is 11.5 Å². The number of nitrogens with zero attached hydrogens (tertiary/aromatic N) is 2. The Balaban J connectivity index is 1.77. The van der Waals surface area contributed by atoms with Gasteiger partial charge in [0.15, 0.2) is 11.5 Å². The van der Waals surface area contributed by atoms with E-state index in [2.05, 4.69) is 0 Å². The highest BCUT2D eigenvalue weighted by atomic mass is 32.2. The number of carbonyl (C=O) groups is 1. The van der Waals surface area contributed by atoms with E-state index in [1.807, 2.05) is 31.2 Å². The molecule has 0 radical (unpaired) electrons. The molecule has 1 heterocycles. The molecule has 0 saturated heterocycles. The minimum Gasteiger partial charge on any atom is -0.493 e. The number of para-hydroxylation sites is 2. The third kappa shape index (κ3) is 4.19. The zero-order chi connectivity index (χ0) is 24.5. The number of hydrogen-bond donors (Lipinski definition) is 0. The molecule has 4 rings (SSSR count). The van der Waals surface area contributed by atoms with E-state index in [0.29, 0.717) is 12.2 Å². The monoisotopic (exact) mass is 484 g/mol. The zero-order valence-corrected chi connectivity index (χ0v) is 19.9. The normalized spacial score (nSPS) is 15.1. The predicted octanol–water partition coefficient (Wildman–Crippen LogP) is 4.02. The molecular formula is C25H25FN2O5S. The fraction of sp³-hybridized carbons (Fsp3) is 0.240. The van der Waals surface area contributed by atoms with Crippen LogP contribution in [-0.4, -0.2) is 41.1 Å². The highest BCUT2D eigenvalue weighted by Crippen LogP contribution is 2.35. The molecule has 0 aromatic heterocycles. The highest BCUT2D eigenvalue weighted by molar-refractivity contribution is 7.92. The van der Waals surface area contributed by atoms with Gasteiger partial charge in [-0.05, 0) is 49.2 Å². The van der Waals surface area contributed by atoms with Gasteiger partial charge in [-0.1, -0.05) is 30.3 Å². The van der Waals surface area contributed by atoms with Gasteiger partial charge in [-0.3, -0.25) is 9.10 Å². The van der Waals surface area contributed by atoms with Crippen LogP contribution in [0.15, 0.2) is 71.6 Å². The molecule has 1 amide bonds. The third-order valence-corrected chi connectivity index (χ3v) is 7.57. The van der Waals surface area contributed by atoms with E-state index >= 15 is 0 Å². The van der Waals surface area contributed by atoms with Crippen LogP contribution in [0.25, 0.3) is 0 Å². The van der Waals surface area contributed by atoms with Crippen molar-refractivity contribution in [3.05, 3.63) is 78.1 Å². The summed E-state index contributed by atoms with van der Waals surface area (Å²) in [4.78, 5) is 14.9. The zero-order valence-electron chi connectivity index (χ0n) is 19.1. The van der Waals surface area contributed by atoms with Crippen molar-refractivity contribution < 1.29 is 27.1 Å². The lowest BCUT2D eigenvalue weighted by molar-refractivity contribution is -0.117. The minimum atomic E-state index is -4.34. The number of hydrogen-bond acceptors (Lipinski definition) is 5. The Morgan fingerprint density at radius 2 is 1.71 bits per heavy atom. The molecule has 0 saturated carbocycles. The molecule has 1 aliphatic rings. The number of halogens is 1. The molecule has 1 atom stereocenters. The highest BCUT2D eigenvalue weighted by Gasteiger charge is 2.35. The molecule has 34 heavy (non-hydrogen) atoms. The molecule has 3 aromatic carbocycles. The van der Waals surface area contributed by atoms with E-state index in [1.54, 1.807) is 4.90 Å². The van der Waals surface area contributed by atoms with Crippen LogP contribution in [0, 0.1) is 5.82 Å². The SMILES string of the molecule is COc1ccc(S(=O)(=O)N(CC(=O)N2c3ccccc3CC2C)c2ccccc2F)cc1OC. The maximum atomic E-state index is 14.8. The van der Waals surface area contributed by atoms with Gasteiger partial charge in [0, 0.05) is 17.8 Å². The number of benzene rings is 3. The van der Waals surface area contributed by atoms with Crippen LogP contribution in [0.3, 0.4) is 0 Å². The van der Waals surface area contributed by atoms with Crippen LogP contribution in [0.4, 0.5) is 15.8 Å². The van der Waals surface area contributed by atoms with E-state index in [-0.39, 0.29) is 22.4 Å². The quantitative estimate of drug-likeness (QED) is 0.506. The molecule has 1 aliphatic heterocycles. The largest absolute Gasteiger partial charge is 0.493 e. The Bertz CT molecular complexity index is 1330. The fourth-order valence-electron chi connectivity index (χ4n) is 4.20. The van der Waals surface area contributed by atoms with Gasteiger partial charge in [0.1, 0.15) is 12.4 Å². The van der Waals surface area contributed by atoms with E-state index in [9.17, 15) is 17.6 Å². The Hall–Kier alpha value is -3.59. The topological polar surface area (TPSA) is 76.2 Å². The minimum absolute atomic E-state index is 0.156. The van der Waals surface area contributed by atoms with Gasteiger partial charge >= 0.3 is 0 Å². The molecular weight excluding hydrogens is 459 g/mol. The first-order valence-corrected chi connectivity index (χ1v) is 12.1. The van der Waals surface area contributed by atoms with Gasteiger partial charge in [0.2, 0.25) is 5.91 Å². The lowest BCUT2D eigenvalue weighted by atomic mass is 10.1. The smallest absolute Gasteiger partial charge is 0.265 e. The third-order valence-electron chi connectivity index (χ3n) is 5.82. The molecule has 0 spiro atoms. The second-order valence-electron chi connectivity index (χ2n) is 7.93. The predicted molar refractivity (Wildman–Crippen MR) is 128 cm³/mol. The Kier molecular flexibility index (Phi) is 6.47. The van der Waals surface area contributed by atoms with E-state index in [1.165, 1.54) is 50.6 Å². The summed E-state index contributed by atoms with van der Waals surface area (Å²) in [5, 5.41) is 0. The number of carbonyl (C=O) groups excluding carboxylic acids is 1. The number of sulfonamides is 1. The lowest BCUT2D eigenvalue weighted by Gasteiger charge is -2.29. The molecule has 9 heteroatoms. The average molecular weight is 485 g/mol. The molecule has 3 aromatic rings. The standard InChI is InChI=1S/C25H25FN2O5S/c1-17-14-18-8-4-6-10-21(18)28(17)25(29)16-27(22-11-7-5-9-20(22)26)34(30,31)19-12-13-23(32-2)24(15-19)33-3/h4-13,15,17H,14,16H2,1-3H3. The molecule has 7 nitrogen and oxygen atoms in total. The summed E-state index contributed by atoms with van der Waals surface area (Å²) in [7, 11) is -1.52. The molecule has 0 N–H and O–H groups in total. The second-order valence-corrected chi connectivity index (χ2v) is 9.79. The molecule has 0 fully saturated rings. The van der Waals surface area contributed by atoms with Gasteiger partial charge in [-0.25, -0.2) is 12.8 Å². The van der Waals surface area contributed by atoms with Gasteiger partial charge < -0.3 is 14.4 Å². The first-order chi connectivity index (χ1) is 16.3. The van der Waals surface area contributed by atoms with Crippen molar-refractivity contribution in [1.29, 1.82) is 0 Å². The number of anilines is 2. The van der Waals surface area contributed by atoms with Gasteiger partial charge in [-0.15, -0.1) is 0 Å². The van der Waals surface area contributed by atoms with Crippen molar-refractivity contribution in [2.24, 2.45) is 0 Å². The van der Waals surface area contributed by atoms with Crippen molar-refractivity contribution in [1.82, 2.24) is 0 Å². The van der Waals surface area contributed by atoms with Crippen molar-refractivity contribution in [3.8, 4) is 11.5 Å². The average Bonchev–Trinajstić information content (AvgIpc) is 3.18. The maximum Gasteiger partial charge on any atom is 0.265 e. The maximum absolute atomic E-state index is 14.8. The second kappa shape index (κ2) is 9.34. The van der Waals surface area contributed by atoms with Crippen molar-refractivity contribution in [3.63, 3.8) is 0 Å². The number of amides is 1. The summed E-state index contributed by atoms with van der Waals surface area (Å²) in [5.74, 6) is -0.665. The lowest BCUT2D eigenvalue weighted by Crippen LogP contribution is -2.45. The summed E-state index contributed by atoms with van der Waals surface area (Å²) in [6.45, 7) is 1.32. The van der Waals surface area contributed by atoms with Crippen molar-refractivity contribution in [2.45, 2.75) is 24.3 Å². The molecule has 0 bridgehead atoms. The van der Waals surface area contributed by atoms with Crippen LogP contribution in [0.1, 0.15) is 12.5 Å². The van der Waals surface area contributed by atoms with Crippen molar-refractivity contribution in [2.75, 3.05) is 30.0 Å². The number of fused-ring (bicyclic) bond motifs is 1. The van der Waals surface area contributed by atoms with Crippen LogP contribution < -0.4 is 18.7 Å². The van der Waals surface area contributed by atoms with Gasteiger partial charge in [0.05, 0.1) is 24.8 Å². The van der Waals surface area contributed by atoms with Gasteiger partial charge in [0.25, 0.3) is 10.0 Å². The molecule has 1 unspecified atom stereocenters. The summed E-state index contributed by atoms with van der Waals surface area (Å²) in [6.07, 6.45) is 0.657. The first kappa shape index (κ1) is 23.6. The Labute approximate surface area is 198 Å². The van der Waals surface area contributed by atoms with Crippen LogP contribution in [-0.2, 0) is 21.2 Å². The summed E-state index contributed by atoms with van der Waals surface area (Å²) < 4.78 is 53.5. The summed E-state index contributed by atoms with van der Waals surface area (Å²) in [5.41, 5.74) is 1.52. The molecule has 178 valence electrons. The van der Waals surface area contributed by atoms with E-state index < -0.39 is 28.3 Å². The van der Waals surface area contributed by atoms with Gasteiger partial charge in [-0.2, -0.15) is 0 Å². The fourth-order valence-corrected chi connectivity index (χ4v) is 5.64. The Morgan fingerprint density at radius 1 is 1.03 bits per heavy atom. The van der Waals surface area contributed by atoms with E-state index in [4.69, 9.17) is 9.47 Å². The first-order valence-electron chi connectivity index (χ1n) is 10.7. The Morgan fingerprint density at radius 3 is 2.41 bits per heavy atom. The number of methoxy groups -OCH3 is 2. The number of ether oxygens (including phenoxy) is 2. The van der Waals surface area contributed by atoms with Crippen molar-refractivity contribution >= 4 is 27.3 Å².